The summed E-state index contributed by atoms with van der Waals surface area (Å²) in [4.78, 5) is 2.23. The molecule has 1 N–H and O–H groups in total. The molecule has 2 rings (SSSR count). The van der Waals surface area contributed by atoms with Crippen molar-refractivity contribution in [2.75, 3.05) is 19.6 Å². The molecule has 0 radical (unpaired) electrons. The fourth-order valence-corrected chi connectivity index (χ4v) is 2.36. The van der Waals surface area contributed by atoms with E-state index in [4.69, 9.17) is 0 Å². The highest BCUT2D eigenvalue weighted by atomic mass is 16.3. The fraction of sp³-hybridized carbons (Fsp3) is 0.333. The predicted octanol–water partition coefficient (Wildman–Crippen LogP) is 3.73. The maximum atomic E-state index is 10.3. The molecule has 2 nitrogen and oxygen atoms in total. The quantitative estimate of drug-likeness (QED) is 0.863. The van der Waals surface area contributed by atoms with Crippen molar-refractivity contribution in [2.24, 2.45) is 0 Å². The van der Waals surface area contributed by atoms with Gasteiger partial charge in [0.25, 0.3) is 0 Å². The minimum Gasteiger partial charge on any atom is -0.387 e. The van der Waals surface area contributed by atoms with Gasteiger partial charge in [0.1, 0.15) is 0 Å². The Balaban J connectivity index is 2.08. The maximum absolute atomic E-state index is 10.3. The van der Waals surface area contributed by atoms with Crippen LogP contribution in [-0.2, 0) is 0 Å². The third-order valence-electron chi connectivity index (χ3n) is 3.73. The molecule has 0 amide bonds. The van der Waals surface area contributed by atoms with Gasteiger partial charge >= 0.3 is 0 Å². The minimum atomic E-state index is -0.417. The van der Waals surface area contributed by atoms with E-state index < -0.39 is 6.10 Å². The smallest absolute Gasteiger partial charge is 0.0916 e. The lowest BCUT2D eigenvalue weighted by atomic mass is 10.0. The second kappa shape index (κ2) is 7.22. The zero-order chi connectivity index (χ0) is 14.4. The molecule has 0 spiro atoms. The summed E-state index contributed by atoms with van der Waals surface area (Å²) in [5, 5.41) is 10.3. The standard InChI is InChI=1S/C18H23NO/c1-3-19(4-2)14-18(20)17-12-10-16(11-13-17)15-8-6-5-7-9-15/h5-13,18,20H,3-4,14H2,1-2H3/t18-/m0/s1. The summed E-state index contributed by atoms with van der Waals surface area (Å²) < 4.78 is 0. The van der Waals surface area contributed by atoms with Crippen molar-refractivity contribution < 1.29 is 5.11 Å². The third-order valence-corrected chi connectivity index (χ3v) is 3.73. The van der Waals surface area contributed by atoms with Crippen molar-refractivity contribution in [3.63, 3.8) is 0 Å². The lowest BCUT2D eigenvalue weighted by Crippen LogP contribution is -2.28. The van der Waals surface area contributed by atoms with E-state index in [9.17, 15) is 5.11 Å². The van der Waals surface area contributed by atoms with Crippen molar-refractivity contribution in [3.8, 4) is 11.1 Å². The van der Waals surface area contributed by atoms with E-state index in [-0.39, 0.29) is 0 Å². The van der Waals surface area contributed by atoms with Crippen LogP contribution in [0.5, 0.6) is 0 Å². The van der Waals surface area contributed by atoms with Crippen LogP contribution in [0.25, 0.3) is 11.1 Å². The zero-order valence-corrected chi connectivity index (χ0v) is 12.3. The molecule has 0 saturated heterocycles. The van der Waals surface area contributed by atoms with Crippen LogP contribution >= 0.6 is 0 Å². The lowest BCUT2D eigenvalue weighted by Gasteiger charge is -2.22. The molecule has 2 aromatic carbocycles. The zero-order valence-electron chi connectivity index (χ0n) is 12.3. The number of likely N-dealkylation sites (N-methyl/N-ethyl adjacent to an activating group) is 1. The molecular weight excluding hydrogens is 246 g/mol. The summed E-state index contributed by atoms with van der Waals surface area (Å²) in [6.45, 7) is 6.87. The first-order valence-corrected chi connectivity index (χ1v) is 7.30. The second-order valence-corrected chi connectivity index (χ2v) is 4.99. The van der Waals surface area contributed by atoms with E-state index in [2.05, 4.69) is 43.0 Å². The van der Waals surface area contributed by atoms with Gasteiger partial charge in [0.05, 0.1) is 6.10 Å². The highest BCUT2D eigenvalue weighted by Crippen LogP contribution is 2.22. The molecule has 0 heterocycles. The fourth-order valence-electron chi connectivity index (χ4n) is 2.36. The van der Waals surface area contributed by atoms with Gasteiger partial charge in [-0.15, -0.1) is 0 Å². The Morgan fingerprint density at radius 2 is 1.40 bits per heavy atom. The Bertz CT molecular complexity index is 503. The highest BCUT2D eigenvalue weighted by Gasteiger charge is 2.11. The molecular formula is C18H23NO. The molecule has 106 valence electrons. The van der Waals surface area contributed by atoms with Crippen molar-refractivity contribution in [1.82, 2.24) is 4.90 Å². The molecule has 1 atom stereocenters. The van der Waals surface area contributed by atoms with Crippen LogP contribution in [0.1, 0.15) is 25.5 Å². The first-order valence-electron chi connectivity index (χ1n) is 7.30. The molecule has 0 saturated carbocycles. The summed E-state index contributed by atoms with van der Waals surface area (Å²) in [6, 6.07) is 18.5. The number of hydrogen-bond donors (Lipinski definition) is 1. The maximum Gasteiger partial charge on any atom is 0.0916 e. The number of hydrogen-bond acceptors (Lipinski definition) is 2. The number of aliphatic hydroxyl groups is 1. The van der Waals surface area contributed by atoms with E-state index in [1.54, 1.807) is 0 Å². The number of benzene rings is 2. The molecule has 2 aromatic rings. The molecule has 0 unspecified atom stereocenters. The first-order chi connectivity index (χ1) is 9.74. The summed E-state index contributed by atoms with van der Waals surface area (Å²) in [7, 11) is 0. The largest absolute Gasteiger partial charge is 0.387 e. The van der Waals surface area contributed by atoms with Crippen LogP contribution in [0.2, 0.25) is 0 Å². The molecule has 0 aliphatic heterocycles. The van der Waals surface area contributed by atoms with Gasteiger partial charge in [-0.3, -0.25) is 0 Å². The summed E-state index contributed by atoms with van der Waals surface area (Å²) in [5.41, 5.74) is 3.37. The van der Waals surface area contributed by atoms with Gasteiger partial charge in [-0.1, -0.05) is 68.4 Å². The Kier molecular flexibility index (Phi) is 5.33. The summed E-state index contributed by atoms with van der Waals surface area (Å²) >= 11 is 0. The molecule has 2 heteroatoms. The van der Waals surface area contributed by atoms with Crippen molar-refractivity contribution in [3.05, 3.63) is 60.2 Å². The summed E-state index contributed by atoms with van der Waals surface area (Å²) in [6.07, 6.45) is -0.417. The van der Waals surface area contributed by atoms with E-state index in [1.807, 2.05) is 30.3 Å². The molecule has 0 bridgehead atoms. The average molecular weight is 269 g/mol. The monoisotopic (exact) mass is 269 g/mol. The second-order valence-electron chi connectivity index (χ2n) is 4.99. The van der Waals surface area contributed by atoms with Crippen molar-refractivity contribution in [1.29, 1.82) is 0 Å². The van der Waals surface area contributed by atoms with Gasteiger partial charge in [0, 0.05) is 6.54 Å². The van der Waals surface area contributed by atoms with Crippen LogP contribution in [0, 0.1) is 0 Å². The van der Waals surface area contributed by atoms with Crippen molar-refractivity contribution in [2.45, 2.75) is 20.0 Å². The molecule has 0 aliphatic carbocycles. The van der Waals surface area contributed by atoms with Crippen LogP contribution in [0.3, 0.4) is 0 Å². The Labute approximate surface area is 121 Å². The Morgan fingerprint density at radius 1 is 0.850 bits per heavy atom. The number of rotatable bonds is 6. The first kappa shape index (κ1) is 14.8. The van der Waals surface area contributed by atoms with Gasteiger partial charge < -0.3 is 10.0 Å². The van der Waals surface area contributed by atoms with Crippen LogP contribution in [0.15, 0.2) is 54.6 Å². The predicted molar refractivity (Wildman–Crippen MR) is 84.6 cm³/mol. The topological polar surface area (TPSA) is 23.5 Å². The van der Waals surface area contributed by atoms with Crippen LogP contribution < -0.4 is 0 Å². The van der Waals surface area contributed by atoms with Crippen LogP contribution in [0.4, 0.5) is 0 Å². The highest BCUT2D eigenvalue weighted by molar-refractivity contribution is 5.63. The Morgan fingerprint density at radius 3 is 1.95 bits per heavy atom. The van der Waals surface area contributed by atoms with Gasteiger partial charge in [0.2, 0.25) is 0 Å². The molecule has 20 heavy (non-hydrogen) atoms. The van der Waals surface area contributed by atoms with Crippen LogP contribution in [-0.4, -0.2) is 29.6 Å². The minimum absolute atomic E-state index is 0.417. The summed E-state index contributed by atoms with van der Waals surface area (Å²) in [5.74, 6) is 0. The van der Waals surface area contributed by atoms with E-state index >= 15 is 0 Å². The van der Waals surface area contributed by atoms with Gasteiger partial charge in [-0.2, -0.15) is 0 Å². The number of aliphatic hydroxyl groups excluding tert-OH is 1. The SMILES string of the molecule is CCN(CC)C[C@H](O)c1ccc(-c2ccccc2)cc1. The third kappa shape index (κ3) is 3.69. The Hall–Kier alpha value is -1.64. The normalized spacial score (nSPS) is 12.6. The molecule has 0 fully saturated rings. The molecule has 0 aliphatic rings. The lowest BCUT2D eigenvalue weighted by molar-refractivity contribution is 0.119. The van der Waals surface area contributed by atoms with E-state index in [0.29, 0.717) is 6.54 Å². The van der Waals surface area contributed by atoms with Crippen molar-refractivity contribution >= 4 is 0 Å². The average Bonchev–Trinajstić information content (AvgIpc) is 2.53. The van der Waals surface area contributed by atoms with E-state index in [1.165, 1.54) is 11.1 Å². The molecule has 0 aromatic heterocycles. The number of nitrogens with zero attached hydrogens (tertiary/aromatic N) is 1. The van der Waals surface area contributed by atoms with E-state index in [0.717, 1.165) is 18.7 Å². The van der Waals surface area contributed by atoms with Gasteiger partial charge in [0.15, 0.2) is 0 Å². The van der Waals surface area contributed by atoms with Gasteiger partial charge in [-0.05, 0) is 29.8 Å². The van der Waals surface area contributed by atoms with Gasteiger partial charge in [-0.25, -0.2) is 0 Å².